The van der Waals surface area contributed by atoms with Gasteiger partial charge in [-0.15, -0.1) is 0 Å². The van der Waals surface area contributed by atoms with Crippen molar-refractivity contribution in [1.82, 2.24) is 10.8 Å². The molecule has 1 amide bonds. The van der Waals surface area contributed by atoms with Crippen LogP contribution in [0.25, 0.3) is 0 Å². The van der Waals surface area contributed by atoms with E-state index in [1.54, 1.807) is 17.6 Å². The smallest absolute Gasteiger partial charge is 0.274 e. The number of carbonyl (C=O) groups is 1. The molecule has 0 saturated heterocycles. The number of hydroxylamine groups is 1. The van der Waals surface area contributed by atoms with Crippen LogP contribution < -0.4 is 10.8 Å². The third kappa shape index (κ3) is 2.31. The van der Waals surface area contributed by atoms with E-state index in [1.807, 2.05) is 26.1 Å². The van der Waals surface area contributed by atoms with Gasteiger partial charge in [-0.2, -0.15) is 0 Å². The Kier molecular flexibility index (Phi) is 3.62. The number of hydrogen-bond acceptors (Lipinski definition) is 3. The van der Waals surface area contributed by atoms with Crippen LogP contribution in [-0.2, 0) is 0 Å². The van der Waals surface area contributed by atoms with Crippen LogP contribution in [0.5, 0.6) is 0 Å². The van der Waals surface area contributed by atoms with E-state index in [2.05, 4.69) is 5.32 Å². The van der Waals surface area contributed by atoms with E-state index in [-0.39, 0.29) is 6.04 Å². The quantitative estimate of drug-likeness (QED) is 0.498. The highest BCUT2D eigenvalue weighted by atomic mass is 16.5. The van der Waals surface area contributed by atoms with Crippen LogP contribution in [0, 0.1) is 0 Å². The van der Waals surface area contributed by atoms with E-state index >= 15 is 0 Å². The van der Waals surface area contributed by atoms with Crippen LogP contribution in [0.2, 0.25) is 0 Å². The summed E-state index contributed by atoms with van der Waals surface area (Å²) in [6.45, 7) is 2.03. The molecule has 1 unspecified atom stereocenters. The zero-order valence-corrected chi connectivity index (χ0v) is 8.24. The van der Waals surface area contributed by atoms with Crippen LogP contribution in [-0.4, -0.2) is 18.2 Å². The molecular formula is C10H14N2O2. The second-order valence-corrected chi connectivity index (χ2v) is 3.07. The molecule has 4 nitrogen and oxygen atoms in total. The van der Waals surface area contributed by atoms with Gasteiger partial charge in [-0.1, -0.05) is 12.1 Å². The van der Waals surface area contributed by atoms with Crippen LogP contribution in [0.1, 0.15) is 28.9 Å². The van der Waals surface area contributed by atoms with Crippen LogP contribution in [0.3, 0.4) is 0 Å². The molecular weight excluding hydrogens is 180 g/mol. The summed E-state index contributed by atoms with van der Waals surface area (Å²) in [5, 5.41) is 11.5. The summed E-state index contributed by atoms with van der Waals surface area (Å²) in [7, 11) is 1.87. The summed E-state index contributed by atoms with van der Waals surface area (Å²) < 4.78 is 0. The van der Waals surface area contributed by atoms with E-state index in [0.29, 0.717) is 5.56 Å². The molecule has 3 N–H and O–H groups in total. The van der Waals surface area contributed by atoms with Crippen molar-refractivity contribution in [3.05, 3.63) is 35.4 Å². The maximum absolute atomic E-state index is 11.0. The van der Waals surface area contributed by atoms with Crippen molar-refractivity contribution in [2.24, 2.45) is 0 Å². The number of benzene rings is 1. The fourth-order valence-electron chi connectivity index (χ4n) is 1.15. The molecule has 14 heavy (non-hydrogen) atoms. The first-order chi connectivity index (χ1) is 6.69. The molecule has 76 valence electrons. The highest BCUT2D eigenvalue weighted by molar-refractivity contribution is 5.93. The predicted molar refractivity (Wildman–Crippen MR) is 53.2 cm³/mol. The Morgan fingerprint density at radius 1 is 1.36 bits per heavy atom. The first-order valence-electron chi connectivity index (χ1n) is 4.40. The molecule has 0 saturated carbocycles. The molecule has 0 aliphatic carbocycles. The van der Waals surface area contributed by atoms with E-state index in [1.165, 1.54) is 0 Å². The molecule has 0 heterocycles. The summed E-state index contributed by atoms with van der Waals surface area (Å²) in [5.74, 6) is -0.492. The van der Waals surface area contributed by atoms with Crippen molar-refractivity contribution in [2.75, 3.05) is 7.05 Å². The van der Waals surface area contributed by atoms with Crippen molar-refractivity contribution in [2.45, 2.75) is 13.0 Å². The first kappa shape index (κ1) is 10.7. The molecule has 0 bridgehead atoms. The molecule has 0 fully saturated rings. The van der Waals surface area contributed by atoms with Gasteiger partial charge >= 0.3 is 0 Å². The molecule has 0 aromatic heterocycles. The maximum atomic E-state index is 11.0. The average Bonchev–Trinajstić information content (AvgIpc) is 2.27. The molecule has 0 aliphatic rings. The minimum atomic E-state index is -0.492. The van der Waals surface area contributed by atoms with Crippen molar-refractivity contribution in [3.8, 4) is 0 Å². The third-order valence-electron chi connectivity index (χ3n) is 2.21. The zero-order chi connectivity index (χ0) is 10.6. The summed E-state index contributed by atoms with van der Waals surface area (Å²) in [5.41, 5.74) is 3.13. The van der Waals surface area contributed by atoms with Gasteiger partial charge in [0.05, 0.1) is 0 Å². The Labute approximate surface area is 82.9 Å². The van der Waals surface area contributed by atoms with Gasteiger partial charge in [-0.25, -0.2) is 5.48 Å². The van der Waals surface area contributed by atoms with Crippen LogP contribution in [0.15, 0.2) is 24.3 Å². The van der Waals surface area contributed by atoms with E-state index in [9.17, 15) is 4.79 Å². The van der Waals surface area contributed by atoms with E-state index in [4.69, 9.17) is 5.21 Å². The van der Waals surface area contributed by atoms with Gasteiger partial charge in [0.15, 0.2) is 0 Å². The van der Waals surface area contributed by atoms with Gasteiger partial charge in [0.1, 0.15) is 0 Å². The largest absolute Gasteiger partial charge is 0.313 e. The van der Waals surface area contributed by atoms with E-state index in [0.717, 1.165) is 5.56 Å². The van der Waals surface area contributed by atoms with Crippen LogP contribution in [0.4, 0.5) is 0 Å². The Bertz CT molecular complexity index is 308. The van der Waals surface area contributed by atoms with E-state index < -0.39 is 5.91 Å². The molecule has 1 rings (SSSR count). The van der Waals surface area contributed by atoms with Gasteiger partial charge < -0.3 is 5.32 Å². The highest BCUT2D eigenvalue weighted by Crippen LogP contribution is 2.12. The normalized spacial score (nSPS) is 12.2. The lowest BCUT2D eigenvalue weighted by atomic mass is 10.1. The van der Waals surface area contributed by atoms with Crippen molar-refractivity contribution in [1.29, 1.82) is 0 Å². The molecule has 0 spiro atoms. The molecule has 1 aromatic carbocycles. The number of rotatable bonds is 3. The Morgan fingerprint density at radius 3 is 2.36 bits per heavy atom. The van der Waals surface area contributed by atoms with Crippen molar-refractivity contribution >= 4 is 5.91 Å². The molecule has 0 aliphatic heterocycles. The lowest BCUT2D eigenvalue weighted by Crippen LogP contribution is -2.18. The van der Waals surface area contributed by atoms with Crippen molar-refractivity contribution in [3.63, 3.8) is 0 Å². The first-order valence-corrected chi connectivity index (χ1v) is 4.40. The monoisotopic (exact) mass is 194 g/mol. The summed E-state index contributed by atoms with van der Waals surface area (Å²) >= 11 is 0. The zero-order valence-electron chi connectivity index (χ0n) is 8.24. The van der Waals surface area contributed by atoms with Gasteiger partial charge in [0.2, 0.25) is 0 Å². The number of nitrogens with one attached hydrogen (secondary N) is 2. The van der Waals surface area contributed by atoms with Gasteiger partial charge in [-0.3, -0.25) is 10.0 Å². The maximum Gasteiger partial charge on any atom is 0.274 e. The topological polar surface area (TPSA) is 61.4 Å². The van der Waals surface area contributed by atoms with Gasteiger partial charge in [0.25, 0.3) is 5.91 Å². The molecule has 4 heteroatoms. The van der Waals surface area contributed by atoms with Crippen molar-refractivity contribution < 1.29 is 10.0 Å². The second-order valence-electron chi connectivity index (χ2n) is 3.07. The van der Waals surface area contributed by atoms with Gasteiger partial charge in [0, 0.05) is 11.6 Å². The predicted octanol–water partition coefficient (Wildman–Crippen LogP) is 1.09. The average molecular weight is 194 g/mol. The summed E-state index contributed by atoms with van der Waals surface area (Å²) in [4.78, 5) is 11.0. The SMILES string of the molecule is CNC(C)c1ccc(C(=O)NO)cc1. The summed E-state index contributed by atoms with van der Waals surface area (Å²) in [6.07, 6.45) is 0. The lowest BCUT2D eigenvalue weighted by molar-refractivity contribution is 0.0706. The summed E-state index contributed by atoms with van der Waals surface area (Å²) in [6, 6.07) is 7.31. The number of carbonyl (C=O) groups excluding carboxylic acids is 1. The van der Waals surface area contributed by atoms with Gasteiger partial charge in [-0.05, 0) is 31.7 Å². The minimum Gasteiger partial charge on any atom is -0.313 e. The standard InChI is InChI=1S/C10H14N2O2/c1-7(11-2)8-3-5-9(6-4-8)10(13)12-14/h3-7,11,14H,1-2H3,(H,12,13). The fourth-order valence-corrected chi connectivity index (χ4v) is 1.15. The Morgan fingerprint density at radius 2 is 1.93 bits per heavy atom. The lowest BCUT2D eigenvalue weighted by Gasteiger charge is -2.10. The molecule has 1 aromatic rings. The molecule has 1 atom stereocenters. The van der Waals surface area contributed by atoms with Crippen LogP contribution >= 0.6 is 0 Å². The fraction of sp³-hybridized carbons (Fsp3) is 0.300. The highest BCUT2D eigenvalue weighted by Gasteiger charge is 2.05. The number of hydrogen-bond donors (Lipinski definition) is 3. The molecule has 0 radical (unpaired) electrons. The Hall–Kier alpha value is -1.39. The minimum absolute atomic E-state index is 0.251. The Balaban J connectivity index is 2.83. The second kappa shape index (κ2) is 4.74. The third-order valence-corrected chi connectivity index (χ3v) is 2.21. The number of amides is 1.